The average Bonchev–Trinajstić information content (AvgIpc) is 2.47. The molecule has 0 aromatic carbocycles. The summed E-state index contributed by atoms with van der Waals surface area (Å²) in [5.41, 5.74) is 0. The second-order valence-electron chi connectivity index (χ2n) is 4.29. The standard InChI is InChI=1S/C10H20N2O2S/c1-8(2)10-11-7-9(13)12(10)5-4-6-15(3)14/h8,10-11H,4-7H2,1-3H3. The molecular formula is C10H20N2O2S. The first-order valence-corrected chi connectivity index (χ1v) is 7.08. The van der Waals surface area contributed by atoms with Crippen molar-refractivity contribution in [3.8, 4) is 0 Å². The molecule has 2 unspecified atom stereocenters. The smallest absolute Gasteiger partial charge is 0.237 e. The van der Waals surface area contributed by atoms with Crippen LogP contribution in [0.1, 0.15) is 20.3 Å². The Morgan fingerprint density at radius 2 is 2.27 bits per heavy atom. The summed E-state index contributed by atoms with van der Waals surface area (Å²) in [5, 5.41) is 3.19. The van der Waals surface area contributed by atoms with Crippen molar-refractivity contribution in [3.63, 3.8) is 0 Å². The summed E-state index contributed by atoms with van der Waals surface area (Å²) in [6.45, 7) is 5.36. The molecule has 1 fully saturated rings. The third kappa shape index (κ3) is 3.57. The van der Waals surface area contributed by atoms with Gasteiger partial charge in [-0.1, -0.05) is 13.8 Å². The van der Waals surface area contributed by atoms with Crippen LogP contribution >= 0.6 is 0 Å². The second kappa shape index (κ2) is 5.61. The van der Waals surface area contributed by atoms with Crippen molar-refractivity contribution in [2.24, 2.45) is 5.92 Å². The van der Waals surface area contributed by atoms with Crippen molar-refractivity contribution in [1.29, 1.82) is 0 Å². The lowest BCUT2D eigenvalue weighted by molar-refractivity contribution is -0.128. The first-order valence-electron chi connectivity index (χ1n) is 5.35. The number of hydrogen-bond acceptors (Lipinski definition) is 3. The van der Waals surface area contributed by atoms with Crippen LogP contribution in [0.25, 0.3) is 0 Å². The fourth-order valence-electron chi connectivity index (χ4n) is 1.86. The van der Waals surface area contributed by atoms with E-state index in [0.29, 0.717) is 24.8 Å². The van der Waals surface area contributed by atoms with Crippen molar-refractivity contribution in [3.05, 3.63) is 0 Å². The van der Waals surface area contributed by atoms with E-state index in [-0.39, 0.29) is 12.1 Å². The van der Waals surface area contributed by atoms with Gasteiger partial charge in [-0.05, 0) is 12.3 Å². The lowest BCUT2D eigenvalue weighted by atomic mass is 10.1. The molecule has 0 aromatic rings. The largest absolute Gasteiger partial charge is 0.326 e. The normalized spacial score (nSPS) is 23.9. The van der Waals surface area contributed by atoms with Crippen molar-refractivity contribution >= 4 is 16.7 Å². The van der Waals surface area contributed by atoms with Crippen LogP contribution in [0.15, 0.2) is 0 Å². The minimum Gasteiger partial charge on any atom is -0.326 e. The summed E-state index contributed by atoms with van der Waals surface area (Å²) in [5.74, 6) is 1.26. The molecule has 15 heavy (non-hydrogen) atoms. The van der Waals surface area contributed by atoms with E-state index in [0.717, 1.165) is 6.42 Å². The lowest BCUT2D eigenvalue weighted by Gasteiger charge is -2.27. The molecule has 1 heterocycles. The molecule has 88 valence electrons. The van der Waals surface area contributed by atoms with Crippen LogP contribution in [-0.2, 0) is 15.6 Å². The van der Waals surface area contributed by atoms with Crippen LogP contribution in [0, 0.1) is 5.92 Å². The molecule has 0 aromatic heterocycles. The fourth-order valence-corrected chi connectivity index (χ4v) is 2.39. The lowest BCUT2D eigenvalue weighted by Crippen LogP contribution is -2.42. The Bertz CT molecular complexity index is 256. The van der Waals surface area contributed by atoms with Crippen LogP contribution in [0.4, 0.5) is 0 Å². The van der Waals surface area contributed by atoms with Crippen LogP contribution in [0.3, 0.4) is 0 Å². The Morgan fingerprint density at radius 1 is 1.60 bits per heavy atom. The third-order valence-corrected chi connectivity index (χ3v) is 3.44. The highest BCUT2D eigenvalue weighted by molar-refractivity contribution is 7.84. The van der Waals surface area contributed by atoms with Crippen LogP contribution in [0.5, 0.6) is 0 Å². The zero-order valence-corrected chi connectivity index (χ0v) is 10.5. The van der Waals surface area contributed by atoms with Crippen LogP contribution in [0.2, 0.25) is 0 Å². The highest BCUT2D eigenvalue weighted by atomic mass is 32.2. The Balaban J connectivity index is 2.42. The van der Waals surface area contributed by atoms with E-state index in [9.17, 15) is 9.00 Å². The Morgan fingerprint density at radius 3 is 2.80 bits per heavy atom. The van der Waals surface area contributed by atoms with Gasteiger partial charge in [0.05, 0.1) is 12.7 Å². The molecule has 0 bridgehead atoms. The minimum absolute atomic E-state index is 0.155. The number of rotatable bonds is 5. The zero-order chi connectivity index (χ0) is 11.4. The molecule has 1 saturated heterocycles. The fraction of sp³-hybridized carbons (Fsp3) is 0.900. The number of amides is 1. The molecule has 0 spiro atoms. The van der Waals surface area contributed by atoms with E-state index in [4.69, 9.17) is 0 Å². The zero-order valence-electron chi connectivity index (χ0n) is 9.66. The highest BCUT2D eigenvalue weighted by Crippen LogP contribution is 2.13. The van der Waals surface area contributed by atoms with E-state index in [1.54, 1.807) is 6.26 Å². The number of carbonyl (C=O) groups is 1. The van der Waals surface area contributed by atoms with Gasteiger partial charge in [-0.3, -0.25) is 14.3 Å². The van der Waals surface area contributed by atoms with Gasteiger partial charge in [0.2, 0.25) is 5.91 Å². The van der Waals surface area contributed by atoms with Crippen molar-refractivity contribution in [1.82, 2.24) is 10.2 Å². The van der Waals surface area contributed by atoms with Gasteiger partial charge in [0.1, 0.15) is 0 Å². The molecule has 1 aliphatic heterocycles. The van der Waals surface area contributed by atoms with Gasteiger partial charge in [-0.15, -0.1) is 0 Å². The first kappa shape index (κ1) is 12.6. The monoisotopic (exact) mass is 232 g/mol. The van der Waals surface area contributed by atoms with Gasteiger partial charge in [-0.2, -0.15) is 0 Å². The molecule has 1 N–H and O–H groups in total. The highest BCUT2D eigenvalue weighted by Gasteiger charge is 2.31. The number of hydrogen-bond donors (Lipinski definition) is 1. The number of carbonyl (C=O) groups excluding carboxylic acids is 1. The van der Waals surface area contributed by atoms with Crippen molar-refractivity contribution < 1.29 is 9.00 Å². The van der Waals surface area contributed by atoms with Gasteiger partial charge in [0, 0.05) is 29.4 Å². The van der Waals surface area contributed by atoms with Crippen LogP contribution < -0.4 is 5.32 Å². The molecule has 0 saturated carbocycles. The van der Waals surface area contributed by atoms with Gasteiger partial charge in [0.15, 0.2) is 0 Å². The SMILES string of the molecule is CC(C)C1NCC(=O)N1CCCS(C)=O. The quantitative estimate of drug-likeness (QED) is 0.735. The topological polar surface area (TPSA) is 49.4 Å². The first-order chi connectivity index (χ1) is 7.02. The molecule has 0 radical (unpaired) electrons. The van der Waals surface area contributed by atoms with E-state index in [2.05, 4.69) is 19.2 Å². The van der Waals surface area contributed by atoms with Crippen molar-refractivity contribution in [2.75, 3.05) is 25.1 Å². The predicted octanol–water partition coefficient (Wildman–Crippen LogP) is 0.169. The summed E-state index contributed by atoms with van der Waals surface area (Å²) in [4.78, 5) is 13.4. The number of nitrogens with zero attached hydrogens (tertiary/aromatic N) is 1. The summed E-state index contributed by atoms with van der Waals surface area (Å²) in [6.07, 6.45) is 2.67. The minimum atomic E-state index is -0.757. The maximum atomic E-state index is 11.6. The summed E-state index contributed by atoms with van der Waals surface area (Å²) < 4.78 is 10.9. The van der Waals surface area contributed by atoms with E-state index in [1.807, 2.05) is 4.90 Å². The molecule has 2 atom stereocenters. The van der Waals surface area contributed by atoms with Gasteiger partial charge in [0.25, 0.3) is 0 Å². The van der Waals surface area contributed by atoms with Crippen LogP contribution in [-0.4, -0.2) is 46.3 Å². The predicted molar refractivity (Wildman–Crippen MR) is 61.9 cm³/mol. The molecule has 1 rings (SSSR count). The Kier molecular flexibility index (Phi) is 4.73. The van der Waals surface area contributed by atoms with Crippen molar-refractivity contribution in [2.45, 2.75) is 26.4 Å². The molecule has 4 nitrogen and oxygen atoms in total. The van der Waals surface area contributed by atoms with Gasteiger partial charge in [-0.25, -0.2) is 0 Å². The van der Waals surface area contributed by atoms with E-state index < -0.39 is 10.8 Å². The molecule has 1 amide bonds. The summed E-state index contributed by atoms with van der Waals surface area (Å²) in [6, 6.07) is 0. The Hall–Kier alpha value is -0.420. The van der Waals surface area contributed by atoms with Gasteiger partial charge < -0.3 is 4.90 Å². The second-order valence-corrected chi connectivity index (χ2v) is 5.84. The molecule has 1 aliphatic rings. The van der Waals surface area contributed by atoms with E-state index >= 15 is 0 Å². The molecule has 0 aliphatic carbocycles. The molecular weight excluding hydrogens is 212 g/mol. The Labute approximate surface area is 93.9 Å². The summed E-state index contributed by atoms with van der Waals surface area (Å²) >= 11 is 0. The molecule has 5 heteroatoms. The number of nitrogens with one attached hydrogen (secondary N) is 1. The van der Waals surface area contributed by atoms with Gasteiger partial charge >= 0.3 is 0 Å². The van der Waals surface area contributed by atoms with E-state index in [1.165, 1.54) is 0 Å². The summed E-state index contributed by atoms with van der Waals surface area (Å²) in [7, 11) is -0.757. The maximum Gasteiger partial charge on any atom is 0.237 e. The maximum absolute atomic E-state index is 11.6. The third-order valence-electron chi connectivity index (χ3n) is 2.58. The average molecular weight is 232 g/mol.